The molecule has 0 saturated carbocycles. The molecule has 0 saturated heterocycles. The Labute approximate surface area is 149 Å². The Hall–Kier alpha value is -0.560. The Morgan fingerprint density at radius 3 is 1.79 bits per heavy atom. The maximum absolute atomic E-state index is 12.4. The van der Waals surface area contributed by atoms with Gasteiger partial charge in [0.2, 0.25) is 0 Å². The Bertz CT molecular complexity index is 729. The van der Waals surface area contributed by atoms with Crippen molar-refractivity contribution in [2.45, 2.75) is 13.2 Å². The van der Waals surface area contributed by atoms with Crippen molar-refractivity contribution in [3.63, 3.8) is 0 Å². The third-order valence-corrected chi connectivity index (χ3v) is 8.81. The average molecular weight is 406 g/mol. The standard InChI is InChI=1S/C14H16O6P2S2/c15-21(16,18-11-13-7-3-1-4-8-13)20-22(17,24-23)19-12-14-9-5-2-6-10-14/h1-10,23H,11-12H2,(H,15,16). The summed E-state index contributed by atoms with van der Waals surface area (Å²) < 4.78 is 39.1. The lowest BCUT2D eigenvalue weighted by molar-refractivity contribution is 0.180. The fourth-order valence-corrected chi connectivity index (χ4v) is 6.40. The first-order valence-corrected chi connectivity index (χ1v) is 12.3. The smallest absolute Gasteiger partial charge is 0.302 e. The molecule has 10 heteroatoms. The van der Waals surface area contributed by atoms with Crippen molar-refractivity contribution < 1.29 is 27.4 Å². The van der Waals surface area contributed by atoms with Crippen LogP contribution in [-0.2, 0) is 35.7 Å². The van der Waals surface area contributed by atoms with Gasteiger partial charge in [0.1, 0.15) is 0 Å². The molecule has 0 fully saturated rings. The van der Waals surface area contributed by atoms with E-state index in [0.29, 0.717) is 16.0 Å². The van der Waals surface area contributed by atoms with E-state index in [1.807, 2.05) is 12.1 Å². The SMILES string of the molecule is O=P(O)(OCc1ccccc1)OP(=O)(OCc1ccccc1)SS. The molecule has 2 rings (SSSR count). The Balaban J connectivity index is 1.93. The van der Waals surface area contributed by atoms with E-state index in [9.17, 15) is 14.0 Å². The fraction of sp³-hybridized carbons (Fsp3) is 0.143. The molecule has 0 aliphatic carbocycles. The van der Waals surface area contributed by atoms with Crippen LogP contribution in [0.25, 0.3) is 0 Å². The molecular weight excluding hydrogens is 390 g/mol. The lowest BCUT2D eigenvalue weighted by atomic mass is 10.2. The third-order valence-electron chi connectivity index (χ3n) is 2.77. The normalized spacial score (nSPS) is 16.2. The zero-order valence-electron chi connectivity index (χ0n) is 12.4. The van der Waals surface area contributed by atoms with Gasteiger partial charge in [0, 0.05) is 10.4 Å². The summed E-state index contributed by atoms with van der Waals surface area (Å²) in [5, 5.41) is 0. The second kappa shape index (κ2) is 9.22. The molecule has 2 atom stereocenters. The van der Waals surface area contributed by atoms with Gasteiger partial charge in [-0.3, -0.25) is 9.05 Å². The van der Waals surface area contributed by atoms with E-state index < -0.39 is 14.6 Å². The molecule has 0 amide bonds. The predicted molar refractivity (Wildman–Crippen MR) is 97.6 cm³/mol. The van der Waals surface area contributed by atoms with Gasteiger partial charge >= 0.3 is 14.6 Å². The number of phosphoric acid groups is 1. The highest BCUT2D eigenvalue weighted by atomic mass is 33.3. The zero-order valence-corrected chi connectivity index (χ0v) is 15.9. The van der Waals surface area contributed by atoms with Crippen molar-refractivity contribution in [3.8, 4) is 0 Å². The van der Waals surface area contributed by atoms with E-state index in [1.165, 1.54) is 0 Å². The lowest BCUT2D eigenvalue weighted by Gasteiger charge is -2.18. The van der Waals surface area contributed by atoms with Crippen LogP contribution in [0.1, 0.15) is 11.1 Å². The molecule has 0 bridgehead atoms. The van der Waals surface area contributed by atoms with Gasteiger partial charge < -0.3 is 4.89 Å². The number of rotatable bonds is 9. The van der Waals surface area contributed by atoms with Crippen molar-refractivity contribution in [1.82, 2.24) is 0 Å². The average Bonchev–Trinajstić information content (AvgIpc) is 2.60. The zero-order chi connectivity index (χ0) is 17.5. The highest BCUT2D eigenvalue weighted by Crippen LogP contribution is 2.71. The Kier molecular flexibility index (Phi) is 7.60. The van der Waals surface area contributed by atoms with Crippen molar-refractivity contribution in [1.29, 1.82) is 0 Å². The molecule has 2 aromatic carbocycles. The maximum Gasteiger partial charge on any atom is 0.480 e. The number of hydrogen-bond donors (Lipinski definition) is 2. The minimum Gasteiger partial charge on any atom is -0.302 e. The third kappa shape index (κ3) is 6.75. The second-order valence-electron chi connectivity index (χ2n) is 4.60. The summed E-state index contributed by atoms with van der Waals surface area (Å²) in [7, 11) is -4.14. The molecule has 2 unspecified atom stereocenters. The number of phosphoric ester groups is 1. The largest absolute Gasteiger partial charge is 0.480 e. The van der Waals surface area contributed by atoms with E-state index in [1.54, 1.807) is 48.5 Å². The second-order valence-corrected chi connectivity index (χ2v) is 11.1. The Morgan fingerprint density at radius 2 is 1.33 bits per heavy atom. The fourth-order valence-electron chi connectivity index (χ4n) is 1.67. The molecule has 24 heavy (non-hydrogen) atoms. The highest BCUT2D eigenvalue weighted by Gasteiger charge is 2.36. The van der Waals surface area contributed by atoms with Crippen LogP contribution in [0.4, 0.5) is 0 Å². The van der Waals surface area contributed by atoms with Crippen LogP contribution in [0.2, 0.25) is 0 Å². The molecular formula is C14H16O6P2S2. The van der Waals surface area contributed by atoms with Crippen LogP contribution in [0.5, 0.6) is 0 Å². The first kappa shape index (κ1) is 19.8. The van der Waals surface area contributed by atoms with Gasteiger partial charge in [0.25, 0.3) is 0 Å². The number of benzene rings is 2. The van der Waals surface area contributed by atoms with E-state index in [4.69, 9.17) is 13.4 Å². The molecule has 0 aliphatic heterocycles. The summed E-state index contributed by atoms with van der Waals surface area (Å²) in [4.78, 5) is 9.75. The van der Waals surface area contributed by atoms with E-state index in [0.717, 1.165) is 5.56 Å². The first-order valence-electron chi connectivity index (χ1n) is 6.77. The first-order chi connectivity index (χ1) is 11.4. The molecule has 130 valence electrons. The van der Waals surface area contributed by atoms with Gasteiger partial charge in [0.05, 0.1) is 13.2 Å². The molecule has 1 N–H and O–H groups in total. The van der Waals surface area contributed by atoms with Crippen LogP contribution < -0.4 is 0 Å². The van der Waals surface area contributed by atoms with E-state index >= 15 is 0 Å². The molecule has 0 aliphatic rings. The minimum absolute atomic E-state index is 0.0512. The molecule has 0 spiro atoms. The summed E-state index contributed by atoms with van der Waals surface area (Å²) in [6.07, 6.45) is 0. The van der Waals surface area contributed by atoms with Crippen LogP contribution >= 0.6 is 36.7 Å². The van der Waals surface area contributed by atoms with Gasteiger partial charge in [-0.15, -0.1) is 0 Å². The molecule has 0 heterocycles. The van der Waals surface area contributed by atoms with Crippen LogP contribution in [0, 0.1) is 0 Å². The van der Waals surface area contributed by atoms with E-state index in [-0.39, 0.29) is 13.2 Å². The summed E-state index contributed by atoms with van der Waals surface area (Å²) >= 11 is 3.81. The molecule has 6 nitrogen and oxygen atoms in total. The van der Waals surface area contributed by atoms with Crippen LogP contribution in [0.3, 0.4) is 0 Å². The molecule has 0 aromatic heterocycles. The van der Waals surface area contributed by atoms with Crippen molar-refractivity contribution >= 4 is 36.7 Å². The van der Waals surface area contributed by atoms with Crippen molar-refractivity contribution in [2.24, 2.45) is 0 Å². The maximum atomic E-state index is 12.4. The molecule has 0 radical (unpaired) electrons. The van der Waals surface area contributed by atoms with Gasteiger partial charge in [-0.25, -0.2) is 9.13 Å². The van der Waals surface area contributed by atoms with Gasteiger partial charge in [-0.2, -0.15) is 4.31 Å². The van der Waals surface area contributed by atoms with Gasteiger partial charge in [-0.1, -0.05) is 72.3 Å². The van der Waals surface area contributed by atoms with E-state index in [2.05, 4.69) is 11.7 Å². The monoisotopic (exact) mass is 406 g/mol. The predicted octanol–water partition coefficient (Wildman–Crippen LogP) is 5.22. The van der Waals surface area contributed by atoms with Crippen molar-refractivity contribution in [2.75, 3.05) is 0 Å². The number of hydrogen-bond acceptors (Lipinski definition) is 7. The summed E-state index contributed by atoms with van der Waals surface area (Å²) in [5.41, 5.74) is 1.41. The Morgan fingerprint density at radius 1 is 0.875 bits per heavy atom. The molecule has 2 aromatic rings. The van der Waals surface area contributed by atoms with Gasteiger partial charge in [0.15, 0.2) is 0 Å². The van der Waals surface area contributed by atoms with Crippen LogP contribution in [0.15, 0.2) is 60.7 Å². The minimum atomic E-state index is -4.58. The number of thiol groups is 1. The van der Waals surface area contributed by atoms with Crippen LogP contribution in [-0.4, -0.2) is 4.89 Å². The summed E-state index contributed by atoms with van der Waals surface area (Å²) in [6.45, 7) is -4.18. The lowest BCUT2D eigenvalue weighted by Crippen LogP contribution is -1.96. The quantitative estimate of drug-likeness (QED) is 0.335. The highest BCUT2D eigenvalue weighted by molar-refractivity contribution is 8.93. The van der Waals surface area contributed by atoms with Gasteiger partial charge in [-0.05, 0) is 11.1 Å². The summed E-state index contributed by atoms with van der Waals surface area (Å²) in [6, 6.07) is 17.7. The topological polar surface area (TPSA) is 82.1 Å². The van der Waals surface area contributed by atoms with Crippen molar-refractivity contribution in [3.05, 3.63) is 71.8 Å². The summed E-state index contributed by atoms with van der Waals surface area (Å²) in [5.74, 6) is 0.